The quantitative estimate of drug-likeness (QED) is 0.403. The summed E-state index contributed by atoms with van der Waals surface area (Å²) in [6, 6.07) is 12.0. The van der Waals surface area contributed by atoms with E-state index in [0.717, 1.165) is 22.5 Å². The Labute approximate surface area is 206 Å². The Bertz CT molecular complexity index is 1510. The predicted octanol–water partition coefficient (Wildman–Crippen LogP) is 4.84. The summed E-state index contributed by atoms with van der Waals surface area (Å²) < 4.78 is 6.59. The van der Waals surface area contributed by atoms with Crippen LogP contribution < -0.4 is 20.9 Å². The molecule has 4 aromatic rings. The van der Waals surface area contributed by atoms with Gasteiger partial charge in [-0.05, 0) is 57.0 Å². The van der Waals surface area contributed by atoms with Crippen molar-refractivity contribution in [1.82, 2.24) is 9.55 Å². The molecule has 2 heterocycles. The molecule has 1 unspecified atom stereocenters. The molecule has 0 fully saturated rings. The summed E-state index contributed by atoms with van der Waals surface area (Å²) in [5.74, 6) is -0.160. The summed E-state index contributed by atoms with van der Waals surface area (Å²) in [4.78, 5) is 44.5. The van der Waals surface area contributed by atoms with Crippen LogP contribution in [0.15, 0.2) is 53.6 Å². The number of rotatable bonds is 6. The minimum absolute atomic E-state index is 0.328. The van der Waals surface area contributed by atoms with E-state index in [1.165, 1.54) is 18.0 Å². The van der Waals surface area contributed by atoms with E-state index in [-0.39, 0.29) is 17.4 Å². The van der Waals surface area contributed by atoms with E-state index in [0.29, 0.717) is 37.8 Å². The molecule has 2 aromatic carbocycles. The van der Waals surface area contributed by atoms with E-state index in [9.17, 15) is 14.4 Å². The van der Waals surface area contributed by atoms with Gasteiger partial charge in [-0.3, -0.25) is 19.0 Å². The zero-order chi connectivity index (χ0) is 25.3. The zero-order valence-corrected chi connectivity index (χ0v) is 20.9. The fourth-order valence-corrected chi connectivity index (χ4v) is 4.91. The number of aryl methyl sites for hydroxylation is 3. The maximum Gasteiger partial charge on any atom is 0.266 e. The summed E-state index contributed by atoms with van der Waals surface area (Å²) in [5, 5.41) is 6.05. The molecule has 2 N–H and O–H groups in total. The molecule has 0 saturated heterocycles. The van der Waals surface area contributed by atoms with Crippen molar-refractivity contribution in [3.05, 3.63) is 80.7 Å². The molecule has 2 aromatic heterocycles. The number of methoxy groups -OCH3 is 1. The number of hydrogen-bond acceptors (Lipinski definition) is 6. The van der Waals surface area contributed by atoms with Crippen molar-refractivity contribution in [3.63, 3.8) is 0 Å². The van der Waals surface area contributed by atoms with Crippen LogP contribution in [0, 0.1) is 20.8 Å². The molecule has 0 radical (unpaired) electrons. The van der Waals surface area contributed by atoms with Gasteiger partial charge in [0.2, 0.25) is 5.91 Å². The van der Waals surface area contributed by atoms with Crippen LogP contribution in [0.5, 0.6) is 5.75 Å². The van der Waals surface area contributed by atoms with Crippen LogP contribution in [0.1, 0.15) is 39.3 Å². The first-order chi connectivity index (χ1) is 16.7. The van der Waals surface area contributed by atoms with Crippen molar-refractivity contribution in [1.29, 1.82) is 0 Å². The highest BCUT2D eigenvalue weighted by Crippen LogP contribution is 2.30. The highest BCUT2D eigenvalue weighted by Gasteiger charge is 2.23. The van der Waals surface area contributed by atoms with Crippen LogP contribution in [-0.4, -0.2) is 28.5 Å². The summed E-state index contributed by atoms with van der Waals surface area (Å²) >= 11 is 1.14. The van der Waals surface area contributed by atoms with Gasteiger partial charge in [0.25, 0.3) is 11.5 Å². The van der Waals surface area contributed by atoms with Crippen molar-refractivity contribution < 1.29 is 14.3 Å². The highest BCUT2D eigenvalue weighted by atomic mass is 32.1. The molecule has 8 nitrogen and oxygen atoms in total. The molecule has 0 aliphatic carbocycles. The second-order valence-electron chi connectivity index (χ2n) is 8.33. The van der Waals surface area contributed by atoms with Crippen molar-refractivity contribution in [2.75, 3.05) is 17.7 Å². The number of thiophene rings is 1. The highest BCUT2D eigenvalue weighted by molar-refractivity contribution is 7.20. The zero-order valence-electron chi connectivity index (χ0n) is 20.1. The Balaban J connectivity index is 1.63. The van der Waals surface area contributed by atoms with E-state index in [2.05, 4.69) is 15.6 Å². The predicted molar refractivity (Wildman–Crippen MR) is 139 cm³/mol. The van der Waals surface area contributed by atoms with Gasteiger partial charge in [0, 0.05) is 5.69 Å². The number of ether oxygens (including phenoxy) is 1. The number of hydrogen-bond donors (Lipinski definition) is 2. The lowest BCUT2D eigenvalue weighted by Gasteiger charge is -2.16. The second-order valence-corrected chi connectivity index (χ2v) is 9.33. The lowest BCUT2D eigenvalue weighted by molar-refractivity contribution is -0.118. The fourth-order valence-electron chi connectivity index (χ4n) is 3.87. The summed E-state index contributed by atoms with van der Waals surface area (Å²) in [6.45, 7) is 7.25. The van der Waals surface area contributed by atoms with E-state index >= 15 is 0 Å². The SMILES string of the molecule is COc1ccccc1NC(=O)c1sc2ncn(C(C)C(=O)Nc3ccc(C)cc3C)c(=O)c2c1C. The maximum atomic E-state index is 13.4. The molecule has 0 spiro atoms. The molecular weight excluding hydrogens is 464 g/mol. The van der Waals surface area contributed by atoms with Gasteiger partial charge in [0.15, 0.2) is 0 Å². The number of carbonyl (C=O) groups excluding carboxylic acids is 2. The number of aromatic nitrogens is 2. The molecule has 180 valence electrons. The van der Waals surface area contributed by atoms with Gasteiger partial charge in [0.1, 0.15) is 16.6 Å². The number of nitrogens with one attached hydrogen (secondary N) is 2. The van der Waals surface area contributed by atoms with Crippen molar-refractivity contribution in [3.8, 4) is 5.75 Å². The summed E-state index contributed by atoms with van der Waals surface area (Å²) in [5.41, 5.74) is 3.40. The van der Waals surface area contributed by atoms with Gasteiger partial charge in [0.05, 0.1) is 29.4 Å². The Morgan fingerprint density at radius 3 is 2.51 bits per heavy atom. The van der Waals surface area contributed by atoms with Gasteiger partial charge in [-0.1, -0.05) is 29.8 Å². The Morgan fingerprint density at radius 1 is 1.06 bits per heavy atom. The third kappa shape index (κ3) is 4.67. The van der Waals surface area contributed by atoms with E-state index < -0.39 is 6.04 Å². The molecule has 0 saturated carbocycles. The number of fused-ring (bicyclic) bond motifs is 1. The van der Waals surface area contributed by atoms with Crippen LogP contribution in [-0.2, 0) is 4.79 Å². The molecule has 4 rings (SSSR count). The molecule has 35 heavy (non-hydrogen) atoms. The van der Waals surface area contributed by atoms with Crippen molar-refractivity contribution >= 4 is 44.7 Å². The number of para-hydroxylation sites is 2. The topological polar surface area (TPSA) is 102 Å². The molecular formula is C26H26N4O4S. The number of nitrogens with zero attached hydrogens (tertiary/aromatic N) is 2. The Hall–Kier alpha value is -3.98. The van der Waals surface area contributed by atoms with Crippen molar-refractivity contribution in [2.24, 2.45) is 0 Å². The first-order valence-electron chi connectivity index (χ1n) is 11.0. The minimum Gasteiger partial charge on any atom is -0.495 e. The molecule has 1 atom stereocenters. The van der Waals surface area contributed by atoms with Gasteiger partial charge in [-0.15, -0.1) is 11.3 Å². The van der Waals surface area contributed by atoms with Crippen LogP contribution >= 0.6 is 11.3 Å². The minimum atomic E-state index is -0.801. The average Bonchev–Trinajstić information content (AvgIpc) is 3.18. The monoisotopic (exact) mass is 490 g/mol. The normalized spacial score (nSPS) is 11.8. The molecule has 9 heteroatoms. The third-order valence-corrected chi connectivity index (χ3v) is 7.07. The first-order valence-corrected chi connectivity index (χ1v) is 11.9. The van der Waals surface area contributed by atoms with Gasteiger partial charge < -0.3 is 15.4 Å². The van der Waals surface area contributed by atoms with Crippen LogP contribution in [0.2, 0.25) is 0 Å². The molecule has 0 aliphatic rings. The lowest BCUT2D eigenvalue weighted by Crippen LogP contribution is -2.32. The maximum absolute atomic E-state index is 13.4. The second kappa shape index (κ2) is 9.71. The van der Waals surface area contributed by atoms with Gasteiger partial charge in [-0.25, -0.2) is 4.98 Å². The average molecular weight is 491 g/mol. The van der Waals surface area contributed by atoms with Crippen molar-refractivity contribution in [2.45, 2.75) is 33.7 Å². The number of amides is 2. The molecule has 2 amide bonds. The fraction of sp³-hybridized carbons (Fsp3) is 0.231. The van der Waals surface area contributed by atoms with E-state index in [1.807, 2.05) is 38.1 Å². The Kier molecular flexibility index (Phi) is 6.70. The van der Waals surface area contributed by atoms with Crippen LogP contribution in [0.3, 0.4) is 0 Å². The lowest BCUT2D eigenvalue weighted by atomic mass is 10.1. The Morgan fingerprint density at radius 2 is 1.80 bits per heavy atom. The number of benzene rings is 2. The molecule has 0 bridgehead atoms. The third-order valence-electron chi connectivity index (χ3n) is 5.87. The number of carbonyl (C=O) groups is 2. The molecule has 0 aliphatic heterocycles. The first kappa shape index (κ1) is 24.2. The van der Waals surface area contributed by atoms with Crippen LogP contribution in [0.25, 0.3) is 10.2 Å². The smallest absolute Gasteiger partial charge is 0.266 e. The largest absolute Gasteiger partial charge is 0.495 e. The van der Waals surface area contributed by atoms with Gasteiger partial charge >= 0.3 is 0 Å². The number of anilines is 2. The van der Waals surface area contributed by atoms with E-state index in [1.54, 1.807) is 32.0 Å². The summed E-state index contributed by atoms with van der Waals surface area (Å²) in [7, 11) is 1.53. The standard InChI is InChI=1S/C26H26N4O4S/c1-14-10-11-18(15(2)12-14)28-23(31)17(4)30-13-27-25-21(26(30)33)16(3)22(35-25)24(32)29-19-8-6-7-9-20(19)34-5/h6-13,17H,1-5H3,(H,28,31)(H,29,32). The van der Waals surface area contributed by atoms with E-state index in [4.69, 9.17) is 4.74 Å². The van der Waals surface area contributed by atoms with Gasteiger partial charge in [-0.2, -0.15) is 0 Å². The van der Waals surface area contributed by atoms with Crippen LogP contribution in [0.4, 0.5) is 11.4 Å². The summed E-state index contributed by atoms with van der Waals surface area (Å²) in [6.07, 6.45) is 1.36.